The first-order valence-corrected chi connectivity index (χ1v) is 5.78. The van der Waals surface area contributed by atoms with Gasteiger partial charge in [-0.25, -0.2) is 5.43 Å². The molecule has 2 atom stereocenters. The second kappa shape index (κ2) is 4.13. The predicted molar refractivity (Wildman–Crippen MR) is 64.5 cm³/mol. The zero-order valence-electron chi connectivity index (χ0n) is 9.34. The van der Waals surface area contributed by atoms with E-state index in [1.807, 2.05) is 0 Å². The van der Waals surface area contributed by atoms with Gasteiger partial charge in [-0.15, -0.1) is 0 Å². The van der Waals surface area contributed by atoms with Crippen LogP contribution in [-0.4, -0.2) is 16.6 Å². The molecule has 0 spiro atoms. The normalized spacial score (nSPS) is 27.6. The highest BCUT2D eigenvalue weighted by Gasteiger charge is 2.37. The van der Waals surface area contributed by atoms with Gasteiger partial charge in [0.25, 0.3) is 5.91 Å². The average Bonchev–Trinajstić information content (AvgIpc) is 2.72. The lowest BCUT2D eigenvalue weighted by Gasteiger charge is -2.31. The van der Waals surface area contributed by atoms with Crippen molar-refractivity contribution in [1.29, 1.82) is 0 Å². The van der Waals surface area contributed by atoms with Crippen LogP contribution in [0.1, 0.15) is 23.2 Å². The molecule has 0 bridgehead atoms. The molecular weight excluding hydrogens is 214 g/mol. The molecule has 1 aromatic heterocycles. The first kappa shape index (κ1) is 10.2. The molecule has 1 amide bonds. The summed E-state index contributed by atoms with van der Waals surface area (Å²) in [5.74, 6) is 0.994. The molecule has 1 aromatic rings. The SMILES string of the molecule is O=C(NN=C1C[C@H]2C=CC[C@H]12)c1cccnc1. The number of allylic oxidation sites excluding steroid dienone is 2. The molecule has 1 N–H and O–H groups in total. The number of carbonyl (C=O) groups excluding carboxylic acids is 1. The second-order valence-electron chi connectivity index (χ2n) is 4.42. The van der Waals surface area contributed by atoms with Gasteiger partial charge in [0.15, 0.2) is 0 Å². The van der Waals surface area contributed by atoms with Crippen molar-refractivity contribution in [3.8, 4) is 0 Å². The molecule has 2 aliphatic carbocycles. The van der Waals surface area contributed by atoms with E-state index in [1.54, 1.807) is 18.3 Å². The first-order valence-electron chi connectivity index (χ1n) is 5.78. The largest absolute Gasteiger partial charge is 0.272 e. The summed E-state index contributed by atoms with van der Waals surface area (Å²) in [6.45, 7) is 0. The fraction of sp³-hybridized carbons (Fsp3) is 0.308. The molecule has 0 radical (unpaired) electrons. The summed E-state index contributed by atoms with van der Waals surface area (Å²) in [5, 5.41) is 4.20. The van der Waals surface area contributed by atoms with Crippen LogP contribution in [0.2, 0.25) is 0 Å². The number of amides is 1. The van der Waals surface area contributed by atoms with Crippen LogP contribution in [0.3, 0.4) is 0 Å². The number of nitrogens with zero attached hydrogens (tertiary/aromatic N) is 2. The molecule has 0 unspecified atom stereocenters. The molecule has 86 valence electrons. The minimum Gasteiger partial charge on any atom is -0.267 e. The third-order valence-corrected chi connectivity index (χ3v) is 3.39. The van der Waals surface area contributed by atoms with Crippen molar-refractivity contribution >= 4 is 11.6 Å². The number of rotatable bonds is 2. The van der Waals surface area contributed by atoms with Gasteiger partial charge in [0.1, 0.15) is 0 Å². The summed E-state index contributed by atoms with van der Waals surface area (Å²) in [7, 11) is 0. The minimum absolute atomic E-state index is 0.194. The third kappa shape index (κ3) is 1.86. The number of hydrazone groups is 1. The second-order valence-corrected chi connectivity index (χ2v) is 4.42. The van der Waals surface area contributed by atoms with Crippen LogP contribution in [0.5, 0.6) is 0 Å². The van der Waals surface area contributed by atoms with Gasteiger partial charge in [0.2, 0.25) is 0 Å². The van der Waals surface area contributed by atoms with E-state index in [4.69, 9.17) is 0 Å². The summed E-state index contributed by atoms with van der Waals surface area (Å²) in [4.78, 5) is 15.6. The topological polar surface area (TPSA) is 54.4 Å². The highest BCUT2D eigenvalue weighted by molar-refractivity contribution is 5.97. The van der Waals surface area contributed by atoms with E-state index in [0.717, 1.165) is 18.6 Å². The first-order chi connectivity index (χ1) is 8.34. The van der Waals surface area contributed by atoms with Crippen molar-refractivity contribution < 1.29 is 4.79 Å². The Kier molecular flexibility index (Phi) is 2.48. The van der Waals surface area contributed by atoms with E-state index >= 15 is 0 Å². The van der Waals surface area contributed by atoms with Crippen LogP contribution >= 0.6 is 0 Å². The van der Waals surface area contributed by atoms with Crippen LogP contribution in [-0.2, 0) is 0 Å². The smallest absolute Gasteiger partial charge is 0.267 e. The van der Waals surface area contributed by atoms with E-state index in [0.29, 0.717) is 17.4 Å². The average molecular weight is 227 g/mol. The Morgan fingerprint density at radius 3 is 3.24 bits per heavy atom. The van der Waals surface area contributed by atoms with Crippen molar-refractivity contribution in [1.82, 2.24) is 10.4 Å². The number of carbonyl (C=O) groups is 1. The molecule has 1 heterocycles. The fourth-order valence-electron chi connectivity index (χ4n) is 2.35. The van der Waals surface area contributed by atoms with Crippen molar-refractivity contribution in [2.24, 2.45) is 16.9 Å². The quantitative estimate of drug-likeness (QED) is 0.618. The Labute approximate surface area is 99.4 Å². The van der Waals surface area contributed by atoms with Gasteiger partial charge in [0, 0.05) is 24.0 Å². The fourth-order valence-corrected chi connectivity index (χ4v) is 2.35. The molecule has 1 fully saturated rings. The third-order valence-electron chi connectivity index (χ3n) is 3.39. The van der Waals surface area contributed by atoms with Gasteiger partial charge in [0.05, 0.1) is 5.56 Å². The number of pyridine rings is 1. The Morgan fingerprint density at radius 2 is 2.47 bits per heavy atom. The number of aromatic nitrogens is 1. The minimum atomic E-state index is -0.194. The highest BCUT2D eigenvalue weighted by Crippen LogP contribution is 2.39. The van der Waals surface area contributed by atoms with Crippen LogP contribution in [0, 0.1) is 11.8 Å². The monoisotopic (exact) mass is 227 g/mol. The van der Waals surface area contributed by atoms with E-state index in [2.05, 4.69) is 27.7 Å². The molecule has 0 saturated heterocycles. The highest BCUT2D eigenvalue weighted by atomic mass is 16.2. The number of fused-ring (bicyclic) bond motifs is 1. The molecule has 3 rings (SSSR count). The van der Waals surface area contributed by atoms with Crippen LogP contribution in [0.15, 0.2) is 41.8 Å². The lowest BCUT2D eigenvalue weighted by atomic mass is 9.74. The number of nitrogens with one attached hydrogen (secondary N) is 1. The molecule has 4 heteroatoms. The summed E-state index contributed by atoms with van der Waals surface area (Å²) in [6, 6.07) is 3.46. The lowest BCUT2D eigenvalue weighted by Crippen LogP contribution is -2.35. The molecule has 1 saturated carbocycles. The maximum atomic E-state index is 11.7. The van der Waals surface area contributed by atoms with E-state index in [9.17, 15) is 4.79 Å². The van der Waals surface area contributed by atoms with Gasteiger partial charge >= 0.3 is 0 Å². The summed E-state index contributed by atoms with van der Waals surface area (Å²) < 4.78 is 0. The Bertz CT molecular complexity index is 493. The Morgan fingerprint density at radius 1 is 1.53 bits per heavy atom. The molecule has 2 aliphatic rings. The van der Waals surface area contributed by atoms with Gasteiger partial charge < -0.3 is 0 Å². The van der Waals surface area contributed by atoms with Crippen LogP contribution in [0.25, 0.3) is 0 Å². The summed E-state index contributed by atoms with van der Waals surface area (Å²) in [6.07, 6.45) is 9.66. The number of hydrogen-bond acceptors (Lipinski definition) is 3. The molecular formula is C13H13N3O. The Hall–Kier alpha value is -1.97. The molecule has 0 aromatic carbocycles. The van der Waals surface area contributed by atoms with Gasteiger partial charge in [-0.05, 0) is 30.9 Å². The maximum absolute atomic E-state index is 11.7. The standard InChI is InChI=1S/C13H13N3O/c17-13(10-4-2-6-14-8-10)16-15-12-7-9-3-1-5-11(9)12/h1-4,6,8-9,11H,5,7H2,(H,16,17)/t9-,11+/m1/s1. The molecule has 17 heavy (non-hydrogen) atoms. The van der Waals surface area contributed by atoms with Crippen molar-refractivity contribution in [2.75, 3.05) is 0 Å². The van der Waals surface area contributed by atoms with Crippen LogP contribution in [0.4, 0.5) is 0 Å². The predicted octanol–water partition coefficient (Wildman–Crippen LogP) is 1.76. The zero-order chi connectivity index (χ0) is 11.7. The van der Waals surface area contributed by atoms with Crippen molar-refractivity contribution in [2.45, 2.75) is 12.8 Å². The van der Waals surface area contributed by atoms with E-state index in [-0.39, 0.29) is 5.91 Å². The van der Waals surface area contributed by atoms with Crippen LogP contribution < -0.4 is 5.43 Å². The molecule has 0 aliphatic heterocycles. The van der Waals surface area contributed by atoms with Gasteiger partial charge in [-0.3, -0.25) is 9.78 Å². The van der Waals surface area contributed by atoms with Gasteiger partial charge in [-0.1, -0.05) is 12.2 Å². The molecule has 4 nitrogen and oxygen atoms in total. The van der Waals surface area contributed by atoms with Gasteiger partial charge in [-0.2, -0.15) is 5.10 Å². The zero-order valence-corrected chi connectivity index (χ0v) is 9.34. The van der Waals surface area contributed by atoms with E-state index in [1.165, 1.54) is 6.20 Å². The number of hydrogen-bond donors (Lipinski definition) is 1. The van der Waals surface area contributed by atoms with E-state index < -0.39 is 0 Å². The lowest BCUT2D eigenvalue weighted by molar-refractivity contribution is 0.0953. The summed E-state index contributed by atoms with van der Waals surface area (Å²) >= 11 is 0. The van der Waals surface area contributed by atoms with Crippen molar-refractivity contribution in [3.63, 3.8) is 0 Å². The Balaban J connectivity index is 1.62. The summed E-state index contributed by atoms with van der Waals surface area (Å²) in [5.41, 5.74) is 4.24. The van der Waals surface area contributed by atoms with Crippen molar-refractivity contribution in [3.05, 3.63) is 42.2 Å². The maximum Gasteiger partial charge on any atom is 0.272 e.